The number of hydrogen-bond acceptors (Lipinski definition) is 5. The summed E-state index contributed by atoms with van der Waals surface area (Å²) >= 11 is 0. The summed E-state index contributed by atoms with van der Waals surface area (Å²) in [7, 11) is -3.02. The van der Waals surface area contributed by atoms with Crippen molar-refractivity contribution in [3.05, 3.63) is 0 Å². The van der Waals surface area contributed by atoms with Crippen molar-refractivity contribution in [2.75, 3.05) is 12.3 Å². The number of nitrogens with one attached hydrogen (secondary N) is 1. The van der Waals surface area contributed by atoms with E-state index in [2.05, 4.69) is 5.32 Å². The molecule has 2 aliphatic heterocycles. The standard InChI is InChI=1S/C13H22N2O4S/c1-3-9(2)15-12(16)7-11(13(15)17)14-8-10-5-4-6-20(10,18)19/h9-11,14H,3-8H2,1-2H3. The van der Waals surface area contributed by atoms with E-state index in [1.54, 1.807) is 0 Å². The Kier molecular flexibility index (Phi) is 4.49. The van der Waals surface area contributed by atoms with Gasteiger partial charge in [0.05, 0.1) is 23.5 Å². The van der Waals surface area contributed by atoms with E-state index in [1.807, 2.05) is 13.8 Å². The number of amides is 2. The molecule has 0 spiro atoms. The molecule has 20 heavy (non-hydrogen) atoms. The van der Waals surface area contributed by atoms with Crippen molar-refractivity contribution in [3.8, 4) is 0 Å². The largest absolute Gasteiger partial charge is 0.304 e. The first kappa shape index (κ1) is 15.4. The molecule has 0 radical (unpaired) electrons. The fraction of sp³-hybridized carbons (Fsp3) is 0.846. The normalized spacial score (nSPS) is 31.0. The van der Waals surface area contributed by atoms with Gasteiger partial charge in [0.1, 0.15) is 0 Å². The third kappa shape index (κ3) is 2.88. The van der Waals surface area contributed by atoms with Gasteiger partial charge in [-0.05, 0) is 26.2 Å². The minimum atomic E-state index is -3.02. The van der Waals surface area contributed by atoms with Crippen molar-refractivity contribution < 1.29 is 18.0 Å². The van der Waals surface area contributed by atoms with Gasteiger partial charge in [-0.3, -0.25) is 14.5 Å². The molecular formula is C13H22N2O4S. The summed E-state index contributed by atoms with van der Waals surface area (Å²) < 4.78 is 23.5. The van der Waals surface area contributed by atoms with Crippen LogP contribution in [0.4, 0.5) is 0 Å². The van der Waals surface area contributed by atoms with E-state index in [-0.39, 0.29) is 36.6 Å². The van der Waals surface area contributed by atoms with Gasteiger partial charge in [-0.15, -0.1) is 0 Å². The Labute approximate surface area is 119 Å². The Balaban J connectivity index is 1.95. The zero-order valence-corrected chi connectivity index (χ0v) is 12.8. The number of carbonyl (C=O) groups excluding carboxylic acids is 2. The number of rotatable bonds is 5. The number of nitrogens with zero attached hydrogens (tertiary/aromatic N) is 1. The molecule has 114 valence electrons. The van der Waals surface area contributed by atoms with Crippen molar-refractivity contribution in [1.29, 1.82) is 0 Å². The fourth-order valence-corrected chi connectivity index (χ4v) is 4.60. The Morgan fingerprint density at radius 1 is 1.40 bits per heavy atom. The highest BCUT2D eigenvalue weighted by molar-refractivity contribution is 7.92. The average molecular weight is 302 g/mol. The zero-order chi connectivity index (χ0) is 14.9. The van der Waals surface area contributed by atoms with Crippen molar-refractivity contribution >= 4 is 21.7 Å². The van der Waals surface area contributed by atoms with Crippen LogP contribution in [0.25, 0.3) is 0 Å². The predicted octanol–water partition coefficient (Wildman–Crippen LogP) is 0.0792. The van der Waals surface area contributed by atoms with Crippen LogP contribution < -0.4 is 5.32 Å². The molecule has 0 bridgehead atoms. The van der Waals surface area contributed by atoms with Gasteiger partial charge in [0, 0.05) is 12.6 Å². The molecule has 0 aromatic carbocycles. The number of carbonyl (C=O) groups is 2. The molecule has 2 aliphatic rings. The van der Waals surface area contributed by atoms with Crippen LogP contribution >= 0.6 is 0 Å². The second-order valence-electron chi connectivity index (χ2n) is 5.66. The van der Waals surface area contributed by atoms with Crippen LogP contribution in [0.2, 0.25) is 0 Å². The summed E-state index contributed by atoms with van der Waals surface area (Å²) in [5, 5.41) is 2.56. The van der Waals surface area contributed by atoms with Crippen LogP contribution in [0, 0.1) is 0 Å². The Bertz CT molecular complexity index is 503. The lowest BCUT2D eigenvalue weighted by Gasteiger charge is -2.22. The van der Waals surface area contributed by atoms with E-state index < -0.39 is 21.1 Å². The monoisotopic (exact) mass is 302 g/mol. The van der Waals surface area contributed by atoms with Crippen molar-refractivity contribution in [2.24, 2.45) is 0 Å². The topological polar surface area (TPSA) is 83.6 Å². The van der Waals surface area contributed by atoms with Gasteiger partial charge in [-0.1, -0.05) is 6.92 Å². The second kappa shape index (κ2) is 5.81. The number of imide groups is 1. The molecule has 2 fully saturated rings. The van der Waals surface area contributed by atoms with Crippen LogP contribution in [0.1, 0.15) is 39.5 Å². The zero-order valence-electron chi connectivity index (χ0n) is 12.0. The highest BCUT2D eigenvalue weighted by Gasteiger charge is 2.41. The highest BCUT2D eigenvalue weighted by Crippen LogP contribution is 2.21. The van der Waals surface area contributed by atoms with Gasteiger partial charge < -0.3 is 5.32 Å². The van der Waals surface area contributed by atoms with Crippen LogP contribution in [-0.4, -0.2) is 54.8 Å². The molecule has 0 aromatic rings. The van der Waals surface area contributed by atoms with Crippen LogP contribution in [0.15, 0.2) is 0 Å². The number of sulfone groups is 1. The summed E-state index contributed by atoms with van der Waals surface area (Å²) in [6.07, 6.45) is 2.18. The summed E-state index contributed by atoms with van der Waals surface area (Å²) in [6, 6.07) is -0.663. The van der Waals surface area contributed by atoms with Crippen molar-refractivity contribution in [3.63, 3.8) is 0 Å². The number of likely N-dealkylation sites (tertiary alicyclic amines) is 1. The van der Waals surface area contributed by atoms with Crippen molar-refractivity contribution in [1.82, 2.24) is 10.2 Å². The summed E-state index contributed by atoms with van der Waals surface area (Å²) in [5.41, 5.74) is 0. The lowest BCUT2D eigenvalue weighted by molar-refractivity contribution is -0.141. The minimum absolute atomic E-state index is 0.1000. The lowest BCUT2D eigenvalue weighted by atomic mass is 10.2. The molecule has 1 N–H and O–H groups in total. The van der Waals surface area contributed by atoms with E-state index in [4.69, 9.17) is 0 Å². The van der Waals surface area contributed by atoms with Crippen LogP contribution in [-0.2, 0) is 19.4 Å². The third-order valence-corrected chi connectivity index (χ3v) is 6.55. The first-order valence-corrected chi connectivity index (χ1v) is 8.89. The first-order chi connectivity index (χ1) is 9.36. The summed E-state index contributed by atoms with van der Waals surface area (Å²) in [6.45, 7) is 4.04. The molecule has 3 atom stereocenters. The predicted molar refractivity (Wildman–Crippen MR) is 74.8 cm³/mol. The molecule has 6 nitrogen and oxygen atoms in total. The third-order valence-electron chi connectivity index (χ3n) is 4.27. The van der Waals surface area contributed by atoms with Gasteiger partial charge in [-0.2, -0.15) is 0 Å². The highest BCUT2D eigenvalue weighted by atomic mass is 32.2. The SMILES string of the molecule is CCC(C)N1C(=O)CC(NCC2CCCS2(=O)=O)C1=O. The molecule has 7 heteroatoms. The second-order valence-corrected chi connectivity index (χ2v) is 8.06. The molecule has 2 heterocycles. The lowest BCUT2D eigenvalue weighted by Crippen LogP contribution is -2.44. The van der Waals surface area contributed by atoms with E-state index in [9.17, 15) is 18.0 Å². The Hall–Kier alpha value is -0.950. The Morgan fingerprint density at radius 2 is 2.10 bits per heavy atom. The molecule has 2 rings (SSSR count). The maximum Gasteiger partial charge on any atom is 0.247 e. The molecular weight excluding hydrogens is 280 g/mol. The quantitative estimate of drug-likeness (QED) is 0.727. The number of hydrogen-bond donors (Lipinski definition) is 1. The van der Waals surface area contributed by atoms with Gasteiger partial charge in [0.15, 0.2) is 9.84 Å². The van der Waals surface area contributed by atoms with Crippen LogP contribution in [0.3, 0.4) is 0 Å². The van der Waals surface area contributed by atoms with Crippen molar-refractivity contribution in [2.45, 2.75) is 56.9 Å². The van der Waals surface area contributed by atoms with E-state index in [0.717, 1.165) is 6.42 Å². The van der Waals surface area contributed by atoms with Gasteiger partial charge in [0.2, 0.25) is 11.8 Å². The smallest absolute Gasteiger partial charge is 0.247 e. The maximum absolute atomic E-state index is 12.2. The molecule has 2 saturated heterocycles. The van der Waals surface area contributed by atoms with Gasteiger partial charge in [0.25, 0.3) is 0 Å². The maximum atomic E-state index is 12.2. The van der Waals surface area contributed by atoms with E-state index in [0.29, 0.717) is 12.8 Å². The first-order valence-electron chi connectivity index (χ1n) is 7.17. The Morgan fingerprint density at radius 3 is 2.65 bits per heavy atom. The minimum Gasteiger partial charge on any atom is -0.304 e. The fourth-order valence-electron chi connectivity index (χ4n) is 2.82. The van der Waals surface area contributed by atoms with E-state index in [1.165, 1.54) is 4.90 Å². The molecule has 0 aromatic heterocycles. The van der Waals surface area contributed by atoms with Crippen LogP contribution in [0.5, 0.6) is 0 Å². The summed E-state index contributed by atoms with van der Waals surface area (Å²) in [5.74, 6) is -0.161. The molecule has 3 unspecified atom stereocenters. The summed E-state index contributed by atoms with van der Waals surface area (Å²) in [4.78, 5) is 25.3. The molecule has 2 amide bonds. The van der Waals surface area contributed by atoms with E-state index >= 15 is 0 Å². The average Bonchev–Trinajstić information content (AvgIpc) is 2.86. The molecule has 0 saturated carbocycles. The molecule has 0 aliphatic carbocycles. The van der Waals surface area contributed by atoms with Gasteiger partial charge in [-0.25, -0.2) is 8.42 Å². The van der Waals surface area contributed by atoms with Gasteiger partial charge >= 0.3 is 0 Å².